The van der Waals surface area contributed by atoms with E-state index in [-0.39, 0.29) is 12.4 Å². The quantitative estimate of drug-likeness (QED) is 0.413. The van der Waals surface area contributed by atoms with Crippen molar-refractivity contribution >= 4 is 16.9 Å². The van der Waals surface area contributed by atoms with Crippen LogP contribution in [0.25, 0.3) is 11.0 Å². The molecule has 0 bridgehead atoms. The molecule has 3 aromatic rings. The SMILES string of the molecule is CC.CCOC(=O)Cc1ccc(OC)cc1OCc1cc(C)c2oc(COC)cc2c1. The molecule has 3 rings (SSSR count). The van der Waals surface area contributed by atoms with Crippen LogP contribution in [-0.2, 0) is 33.9 Å². The van der Waals surface area contributed by atoms with Crippen LogP contribution in [0, 0.1) is 6.92 Å². The molecule has 0 atom stereocenters. The fourth-order valence-electron chi connectivity index (χ4n) is 3.23. The second-order valence-corrected chi connectivity index (χ2v) is 6.72. The Hall–Kier alpha value is -2.99. The van der Waals surface area contributed by atoms with E-state index in [9.17, 15) is 4.79 Å². The number of methoxy groups -OCH3 is 2. The summed E-state index contributed by atoms with van der Waals surface area (Å²) >= 11 is 0. The van der Waals surface area contributed by atoms with Crippen molar-refractivity contribution in [1.82, 2.24) is 0 Å². The Morgan fingerprint density at radius 1 is 1.03 bits per heavy atom. The largest absolute Gasteiger partial charge is 0.497 e. The zero-order chi connectivity index (χ0) is 22.8. The minimum Gasteiger partial charge on any atom is -0.497 e. The highest BCUT2D eigenvalue weighted by Gasteiger charge is 2.13. The van der Waals surface area contributed by atoms with Gasteiger partial charge in [-0.1, -0.05) is 19.9 Å². The van der Waals surface area contributed by atoms with Crippen LogP contribution in [0.15, 0.2) is 40.8 Å². The molecule has 0 spiro atoms. The second kappa shape index (κ2) is 12.0. The van der Waals surface area contributed by atoms with Crippen LogP contribution in [0.5, 0.6) is 11.5 Å². The van der Waals surface area contributed by atoms with Gasteiger partial charge in [-0.2, -0.15) is 0 Å². The third-order valence-corrected chi connectivity index (χ3v) is 4.51. The van der Waals surface area contributed by atoms with Gasteiger partial charge in [0.1, 0.15) is 36.1 Å². The molecule has 0 saturated heterocycles. The maximum atomic E-state index is 11.9. The van der Waals surface area contributed by atoms with Crippen molar-refractivity contribution in [2.75, 3.05) is 20.8 Å². The van der Waals surface area contributed by atoms with E-state index in [4.69, 9.17) is 23.4 Å². The number of fused-ring (bicyclic) bond motifs is 1. The molecule has 0 saturated carbocycles. The van der Waals surface area contributed by atoms with Gasteiger partial charge in [-0.15, -0.1) is 0 Å². The maximum Gasteiger partial charge on any atom is 0.310 e. The van der Waals surface area contributed by atoms with Gasteiger partial charge in [0.2, 0.25) is 0 Å². The van der Waals surface area contributed by atoms with Gasteiger partial charge in [0.15, 0.2) is 0 Å². The van der Waals surface area contributed by atoms with Crippen LogP contribution < -0.4 is 9.47 Å². The lowest BCUT2D eigenvalue weighted by Gasteiger charge is -2.13. The third kappa shape index (κ3) is 6.49. The molecule has 1 aromatic heterocycles. The Labute approximate surface area is 184 Å². The number of esters is 1. The minimum atomic E-state index is -0.288. The summed E-state index contributed by atoms with van der Waals surface area (Å²) in [5.74, 6) is 1.76. The van der Waals surface area contributed by atoms with E-state index in [0.29, 0.717) is 31.3 Å². The van der Waals surface area contributed by atoms with E-state index < -0.39 is 0 Å². The van der Waals surface area contributed by atoms with Crippen molar-refractivity contribution in [3.63, 3.8) is 0 Å². The number of ether oxygens (including phenoxy) is 4. The summed E-state index contributed by atoms with van der Waals surface area (Å²) in [4.78, 5) is 11.9. The summed E-state index contributed by atoms with van der Waals surface area (Å²) in [6.07, 6.45) is 0.146. The van der Waals surface area contributed by atoms with E-state index in [1.165, 1.54) is 0 Å². The van der Waals surface area contributed by atoms with Crippen LogP contribution in [-0.4, -0.2) is 26.8 Å². The first-order chi connectivity index (χ1) is 15.0. The highest BCUT2D eigenvalue weighted by molar-refractivity contribution is 5.82. The van der Waals surface area contributed by atoms with Gasteiger partial charge >= 0.3 is 5.97 Å². The number of carbonyl (C=O) groups is 1. The van der Waals surface area contributed by atoms with Crippen molar-refractivity contribution < 1.29 is 28.2 Å². The smallest absolute Gasteiger partial charge is 0.310 e. The number of benzene rings is 2. The Morgan fingerprint density at radius 3 is 2.48 bits per heavy atom. The van der Waals surface area contributed by atoms with E-state index >= 15 is 0 Å². The van der Waals surface area contributed by atoms with Crippen molar-refractivity contribution in [2.24, 2.45) is 0 Å². The molecule has 0 unspecified atom stereocenters. The van der Waals surface area contributed by atoms with Crippen molar-refractivity contribution in [3.8, 4) is 11.5 Å². The maximum absolute atomic E-state index is 11.9. The van der Waals surface area contributed by atoms with Crippen molar-refractivity contribution in [3.05, 3.63) is 58.8 Å². The summed E-state index contributed by atoms with van der Waals surface area (Å²) in [5, 5.41) is 1.01. The number of rotatable bonds is 9. The molecule has 0 radical (unpaired) electrons. The van der Waals surface area contributed by atoms with Crippen LogP contribution in [0.2, 0.25) is 0 Å². The van der Waals surface area contributed by atoms with Gasteiger partial charge in [-0.25, -0.2) is 0 Å². The van der Waals surface area contributed by atoms with Gasteiger partial charge in [0, 0.05) is 24.1 Å². The fourth-order valence-corrected chi connectivity index (χ4v) is 3.23. The topological polar surface area (TPSA) is 67.1 Å². The third-order valence-electron chi connectivity index (χ3n) is 4.51. The minimum absolute atomic E-state index is 0.146. The number of furan rings is 1. The zero-order valence-electron chi connectivity index (χ0n) is 19.2. The van der Waals surface area contributed by atoms with Crippen molar-refractivity contribution in [1.29, 1.82) is 0 Å². The predicted molar refractivity (Wildman–Crippen MR) is 121 cm³/mol. The first-order valence-electron chi connectivity index (χ1n) is 10.5. The number of hydrogen-bond donors (Lipinski definition) is 0. The molecule has 31 heavy (non-hydrogen) atoms. The highest BCUT2D eigenvalue weighted by Crippen LogP contribution is 2.29. The Morgan fingerprint density at radius 2 is 1.81 bits per heavy atom. The molecule has 0 aliphatic rings. The van der Waals surface area contributed by atoms with Crippen LogP contribution in [0.4, 0.5) is 0 Å². The number of hydrogen-bond acceptors (Lipinski definition) is 6. The van der Waals surface area contributed by atoms with Crippen LogP contribution >= 0.6 is 0 Å². The first kappa shape index (κ1) is 24.3. The molecule has 6 nitrogen and oxygen atoms in total. The lowest BCUT2D eigenvalue weighted by Crippen LogP contribution is -2.09. The summed E-state index contributed by atoms with van der Waals surface area (Å²) < 4.78 is 27.4. The van der Waals surface area contributed by atoms with E-state index in [2.05, 4.69) is 0 Å². The molecular weight excluding hydrogens is 396 g/mol. The van der Waals surface area contributed by atoms with E-state index in [0.717, 1.165) is 33.4 Å². The molecule has 168 valence electrons. The van der Waals surface area contributed by atoms with Crippen LogP contribution in [0.3, 0.4) is 0 Å². The summed E-state index contributed by atoms with van der Waals surface area (Å²) in [7, 11) is 3.24. The molecule has 0 fully saturated rings. The normalized spacial score (nSPS) is 10.4. The number of carbonyl (C=O) groups excluding carboxylic acids is 1. The molecule has 2 aromatic carbocycles. The molecule has 6 heteroatoms. The van der Waals surface area contributed by atoms with Gasteiger partial charge in [0.25, 0.3) is 0 Å². The molecule has 0 aliphatic carbocycles. The summed E-state index contributed by atoms with van der Waals surface area (Å²) in [6.45, 7) is 8.92. The summed E-state index contributed by atoms with van der Waals surface area (Å²) in [6, 6.07) is 11.5. The van der Waals surface area contributed by atoms with Crippen molar-refractivity contribution in [2.45, 2.75) is 47.3 Å². The first-order valence-corrected chi connectivity index (χ1v) is 10.5. The zero-order valence-corrected chi connectivity index (χ0v) is 19.2. The van der Waals surface area contributed by atoms with Gasteiger partial charge in [-0.05, 0) is 49.2 Å². The summed E-state index contributed by atoms with van der Waals surface area (Å²) in [5.41, 5.74) is 3.64. The predicted octanol–water partition coefficient (Wildman–Crippen LogP) is 5.61. The Bertz CT molecular complexity index is 989. The van der Waals surface area contributed by atoms with Gasteiger partial charge in [0.05, 0.1) is 20.1 Å². The highest BCUT2D eigenvalue weighted by atomic mass is 16.5. The van der Waals surface area contributed by atoms with E-state index in [1.807, 2.05) is 45.0 Å². The Balaban J connectivity index is 0.00000166. The average Bonchev–Trinajstić information content (AvgIpc) is 3.18. The standard InChI is InChI=1S/C23H26O6.C2H6/c1-5-27-22(24)11-17-6-7-19(26-4)12-21(17)28-13-16-8-15(2)23-18(9-16)10-20(29-23)14-25-3;1-2/h6-10,12H,5,11,13-14H2,1-4H3;1-2H3. The monoisotopic (exact) mass is 428 g/mol. The van der Waals surface area contributed by atoms with Gasteiger partial charge < -0.3 is 23.4 Å². The second-order valence-electron chi connectivity index (χ2n) is 6.72. The molecular formula is C25H32O6. The average molecular weight is 429 g/mol. The Kier molecular flexibility index (Phi) is 9.40. The van der Waals surface area contributed by atoms with Gasteiger partial charge in [-0.3, -0.25) is 4.79 Å². The fraction of sp³-hybridized carbons (Fsp3) is 0.400. The lowest BCUT2D eigenvalue weighted by atomic mass is 10.1. The molecule has 0 N–H and O–H groups in total. The number of aryl methyl sites for hydroxylation is 1. The van der Waals surface area contributed by atoms with E-state index in [1.54, 1.807) is 33.3 Å². The lowest BCUT2D eigenvalue weighted by molar-refractivity contribution is -0.142. The van der Waals surface area contributed by atoms with Crippen LogP contribution in [0.1, 0.15) is 43.2 Å². The molecule has 0 aliphatic heterocycles. The molecule has 1 heterocycles. The molecule has 0 amide bonds.